The maximum Gasteiger partial charge on any atom is 0.407 e. The lowest BCUT2D eigenvalue weighted by Crippen LogP contribution is -2.56. The van der Waals surface area contributed by atoms with Crippen LogP contribution in [-0.2, 0) is 35.7 Å². The van der Waals surface area contributed by atoms with E-state index in [0.717, 1.165) is 12.8 Å². The van der Waals surface area contributed by atoms with Gasteiger partial charge in [-0.15, -0.1) is 0 Å². The maximum absolute atomic E-state index is 13.4. The number of amides is 2. The fourth-order valence-electron chi connectivity index (χ4n) is 4.16. The van der Waals surface area contributed by atoms with Crippen LogP contribution in [0.3, 0.4) is 0 Å². The lowest BCUT2D eigenvalue weighted by Gasteiger charge is -2.26. The fourth-order valence-corrected chi connectivity index (χ4v) is 5.38. The highest BCUT2D eigenvalue weighted by Gasteiger charge is 2.31. The summed E-state index contributed by atoms with van der Waals surface area (Å²) >= 11 is 0. The highest BCUT2D eigenvalue weighted by Crippen LogP contribution is 2.16. The number of fused-ring (bicyclic) bond motifs is 13. The number of benzene rings is 1. The predicted octanol–water partition coefficient (Wildman–Crippen LogP) is 2.50. The SMILES string of the molecule is CC(C)[C@H]1COCCCCOc2ccc(cc2)C[C@@H](NS(=O)(=O)NC(CCCCNC(=O)OC(C)(C)C)C(=O)O)C(=O)N1. The Hall–Kier alpha value is -2.94. The van der Waals surface area contributed by atoms with Gasteiger partial charge in [-0.3, -0.25) is 9.59 Å². The lowest BCUT2D eigenvalue weighted by atomic mass is 10.0. The summed E-state index contributed by atoms with van der Waals surface area (Å²) in [4.78, 5) is 37.1. The van der Waals surface area contributed by atoms with E-state index in [1.165, 1.54) is 0 Å². The van der Waals surface area contributed by atoms with Gasteiger partial charge >= 0.3 is 12.1 Å². The molecule has 2 aliphatic heterocycles. The first-order chi connectivity index (χ1) is 20.1. The Balaban J connectivity index is 2.09. The molecule has 0 aliphatic carbocycles. The number of carbonyl (C=O) groups excluding carboxylic acids is 2. The Morgan fingerprint density at radius 1 is 1.12 bits per heavy atom. The average Bonchev–Trinajstić information content (AvgIpc) is 2.89. The molecule has 0 saturated heterocycles. The molecule has 1 aromatic carbocycles. The largest absolute Gasteiger partial charge is 0.494 e. The standard InChI is InChI=1S/C29H48N4O9S/c1-20(2)25-19-40-16-8-9-17-41-22-13-11-21(12-14-22)18-24(26(34)31-25)33-43(38,39)32-23(27(35)36)10-6-7-15-30-28(37)42-29(3,4)5/h11-14,20,23-25,32-33H,6-10,15-19H2,1-5H3,(H,30,37)(H,31,34)(H,35,36)/t23?,24-,25-/m1/s1. The molecule has 13 nitrogen and oxygen atoms in total. The summed E-state index contributed by atoms with van der Waals surface area (Å²) in [5.74, 6) is -1.24. The van der Waals surface area contributed by atoms with Gasteiger partial charge < -0.3 is 30.0 Å². The first kappa shape index (κ1) is 36.3. The molecule has 43 heavy (non-hydrogen) atoms. The van der Waals surface area contributed by atoms with Crippen molar-refractivity contribution in [1.82, 2.24) is 20.1 Å². The summed E-state index contributed by atoms with van der Waals surface area (Å²) < 4.78 is 47.4. The second-order valence-corrected chi connectivity index (χ2v) is 13.4. The Bertz CT molecular complexity index is 1140. The zero-order chi connectivity index (χ0) is 32.0. The minimum atomic E-state index is -4.43. The van der Waals surface area contributed by atoms with E-state index < -0.39 is 45.9 Å². The second-order valence-electron chi connectivity index (χ2n) is 11.9. The van der Waals surface area contributed by atoms with E-state index in [1.54, 1.807) is 45.0 Å². The van der Waals surface area contributed by atoms with Crippen LogP contribution in [0.2, 0.25) is 0 Å². The fraction of sp³-hybridized carbons (Fsp3) is 0.690. The molecule has 0 spiro atoms. The van der Waals surface area contributed by atoms with Gasteiger partial charge in [0, 0.05) is 13.2 Å². The normalized spacial score (nSPS) is 19.7. The van der Waals surface area contributed by atoms with Crippen molar-refractivity contribution in [2.24, 2.45) is 5.92 Å². The molecule has 1 aromatic rings. The van der Waals surface area contributed by atoms with E-state index >= 15 is 0 Å². The smallest absolute Gasteiger partial charge is 0.407 e. The van der Waals surface area contributed by atoms with Gasteiger partial charge in [0.05, 0.1) is 19.3 Å². The molecule has 0 saturated carbocycles. The summed E-state index contributed by atoms with van der Waals surface area (Å²) in [6, 6.07) is 4.01. The monoisotopic (exact) mass is 628 g/mol. The molecule has 14 heteroatoms. The van der Waals surface area contributed by atoms with Crippen LogP contribution >= 0.6 is 0 Å². The third-order valence-electron chi connectivity index (χ3n) is 6.54. The molecule has 1 unspecified atom stereocenters. The molecular formula is C29H48N4O9S. The molecule has 0 radical (unpaired) electrons. The van der Waals surface area contributed by atoms with Crippen LogP contribution in [0.4, 0.5) is 4.79 Å². The van der Waals surface area contributed by atoms with E-state index in [0.29, 0.717) is 37.4 Å². The highest BCUT2D eigenvalue weighted by atomic mass is 32.2. The third-order valence-corrected chi connectivity index (χ3v) is 7.73. The van der Waals surface area contributed by atoms with Crippen molar-refractivity contribution in [2.75, 3.05) is 26.4 Å². The minimum Gasteiger partial charge on any atom is -0.494 e. The highest BCUT2D eigenvalue weighted by molar-refractivity contribution is 7.87. The van der Waals surface area contributed by atoms with Crippen LogP contribution in [0.1, 0.15) is 72.3 Å². The first-order valence-corrected chi connectivity index (χ1v) is 16.2. The van der Waals surface area contributed by atoms with Crippen LogP contribution < -0.4 is 24.8 Å². The van der Waals surface area contributed by atoms with E-state index in [2.05, 4.69) is 20.1 Å². The van der Waals surface area contributed by atoms with Crippen LogP contribution in [0, 0.1) is 5.92 Å². The van der Waals surface area contributed by atoms with Crippen molar-refractivity contribution in [2.45, 2.75) is 96.9 Å². The number of hydrogen-bond donors (Lipinski definition) is 5. The van der Waals surface area contributed by atoms with E-state index in [4.69, 9.17) is 14.2 Å². The van der Waals surface area contributed by atoms with E-state index in [-0.39, 0.29) is 38.0 Å². The number of carboxylic acid groups (broad SMARTS) is 1. The zero-order valence-corrected chi connectivity index (χ0v) is 26.6. The number of carboxylic acids is 1. The Kier molecular flexibility index (Phi) is 14.7. The first-order valence-electron chi connectivity index (χ1n) is 14.7. The molecule has 5 N–H and O–H groups in total. The van der Waals surface area contributed by atoms with Crippen molar-refractivity contribution < 1.29 is 42.1 Å². The minimum absolute atomic E-state index is 0.0158. The molecule has 2 heterocycles. The molecule has 0 fully saturated rings. The van der Waals surface area contributed by atoms with Crippen molar-refractivity contribution in [3.05, 3.63) is 29.8 Å². The average molecular weight is 629 g/mol. The summed E-state index contributed by atoms with van der Waals surface area (Å²) in [6.45, 7) is 10.6. The number of aliphatic carboxylic acids is 1. The number of unbranched alkanes of at least 4 members (excludes halogenated alkanes) is 1. The Labute approximate surface area is 255 Å². The van der Waals surface area contributed by atoms with Gasteiger partial charge in [0.25, 0.3) is 10.2 Å². The topological polar surface area (TPSA) is 181 Å². The zero-order valence-electron chi connectivity index (χ0n) is 25.8. The molecule has 3 rings (SSSR count). The number of alkyl carbamates (subject to hydrolysis) is 1. The van der Waals surface area contributed by atoms with E-state index in [1.807, 2.05) is 13.8 Å². The summed E-state index contributed by atoms with van der Waals surface area (Å²) in [5.41, 5.74) is 0.0410. The van der Waals surface area contributed by atoms with Crippen LogP contribution in [0.15, 0.2) is 24.3 Å². The second kappa shape index (κ2) is 17.4. The number of hydrogen-bond acceptors (Lipinski definition) is 8. The van der Waals surface area contributed by atoms with Gasteiger partial charge in [-0.2, -0.15) is 17.9 Å². The number of ether oxygens (including phenoxy) is 3. The summed E-state index contributed by atoms with van der Waals surface area (Å²) in [7, 11) is -4.43. The van der Waals surface area contributed by atoms with Gasteiger partial charge in [0.15, 0.2) is 0 Å². The van der Waals surface area contributed by atoms with E-state index in [9.17, 15) is 27.9 Å². The molecule has 2 aliphatic rings. The number of rotatable bonds is 11. The molecule has 3 atom stereocenters. The number of carbonyl (C=O) groups is 3. The molecule has 0 aromatic heterocycles. The molecule has 244 valence electrons. The summed E-state index contributed by atoms with van der Waals surface area (Å²) in [6.07, 6.45) is 1.72. The van der Waals surface area contributed by atoms with Crippen LogP contribution in [-0.4, -0.2) is 81.6 Å². The maximum atomic E-state index is 13.4. The van der Waals surface area contributed by atoms with Gasteiger partial charge in [-0.25, -0.2) is 4.79 Å². The number of nitrogens with one attached hydrogen (secondary N) is 4. The third kappa shape index (κ3) is 14.9. The molecule has 2 bridgehead atoms. The van der Waals surface area contributed by atoms with Crippen molar-refractivity contribution in [1.29, 1.82) is 0 Å². The lowest BCUT2D eigenvalue weighted by molar-refractivity contribution is -0.139. The van der Waals surface area contributed by atoms with Gasteiger partial charge in [-0.05, 0) is 82.9 Å². The van der Waals surface area contributed by atoms with Crippen molar-refractivity contribution in [3.63, 3.8) is 0 Å². The quantitative estimate of drug-likeness (QED) is 0.230. The van der Waals surface area contributed by atoms with Crippen LogP contribution in [0.25, 0.3) is 0 Å². The van der Waals surface area contributed by atoms with Crippen molar-refractivity contribution >= 4 is 28.2 Å². The van der Waals surface area contributed by atoms with Crippen LogP contribution in [0.5, 0.6) is 5.75 Å². The van der Waals surface area contributed by atoms with Gasteiger partial charge in [0.2, 0.25) is 5.91 Å². The van der Waals surface area contributed by atoms with Crippen molar-refractivity contribution in [3.8, 4) is 5.75 Å². The molecule has 2 amide bonds. The van der Waals surface area contributed by atoms with Gasteiger partial charge in [-0.1, -0.05) is 26.0 Å². The Morgan fingerprint density at radius 2 is 1.79 bits per heavy atom. The Morgan fingerprint density at radius 3 is 2.42 bits per heavy atom. The predicted molar refractivity (Wildman–Crippen MR) is 161 cm³/mol. The summed E-state index contributed by atoms with van der Waals surface area (Å²) in [5, 5.41) is 15.2. The van der Waals surface area contributed by atoms with Gasteiger partial charge in [0.1, 0.15) is 23.4 Å². The molecular weight excluding hydrogens is 580 g/mol.